The van der Waals surface area contributed by atoms with Gasteiger partial charge in [0.05, 0.1) is 6.20 Å². The highest BCUT2D eigenvalue weighted by Crippen LogP contribution is 2.32. The van der Waals surface area contributed by atoms with Crippen LogP contribution in [0.15, 0.2) is 24.4 Å². The molecule has 1 saturated heterocycles. The first-order valence-electron chi connectivity index (χ1n) is 6.45. The van der Waals surface area contributed by atoms with Crippen molar-refractivity contribution in [2.24, 2.45) is 0 Å². The van der Waals surface area contributed by atoms with Crippen molar-refractivity contribution < 1.29 is 8.78 Å². The van der Waals surface area contributed by atoms with Gasteiger partial charge in [0.1, 0.15) is 11.6 Å². The predicted molar refractivity (Wildman–Crippen MR) is 68.8 cm³/mol. The summed E-state index contributed by atoms with van der Waals surface area (Å²) >= 11 is 0. The van der Waals surface area contributed by atoms with Gasteiger partial charge in [0.25, 0.3) is 0 Å². The number of aromatic nitrogens is 2. The van der Waals surface area contributed by atoms with E-state index in [-0.39, 0.29) is 0 Å². The Morgan fingerprint density at radius 2 is 2.11 bits per heavy atom. The average molecular weight is 263 g/mol. The number of benzene rings is 1. The average Bonchev–Trinajstić information content (AvgIpc) is 2.89. The van der Waals surface area contributed by atoms with Crippen LogP contribution in [0.4, 0.5) is 8.78 Å². The zero-order chi connectivity index (χ0) is 13.2. The van der Waals surface area contributed by atoms with Crippen molar-refractivity contribution in [2.45, 2.75) is 18.8 Å². The van der Waals surface area contributed by atoms with E-state index >= 15 is 0 Å². The van der Waals surface area contributed by atoms with Crippen LogP contribution in [0.25, 0.3) is 11.1 Å². The van der Waals surface area contributed by atoms with Crippen LogP contribution in [0.5, 0.6) is 0 Å². The molecule has 1 aliphatic heterocycles. The minimum atomic E-state index is -0.564. The van der Waals surface area contributed by atoms with Crippen molar-refractivity contribution in [1.29, 1.82) is 0 Å². The Balaban J connectivity index is 1.99. The van der Waals surface area contributed by atoms with E-state index in [9.17, 15) is 8.78 Å². The first-order chi connectivity index (χ1) is 9.25. The van der Waals surface area contributed by atoms with Gasteiger partial charge >= 0.3 is 0 Å². The molecule has 0 saturated carbocycles. The number of aromatic amines is 1. The van der Waals surface area contributed by atoms with Crippen molar-refractivity contribution in [3.63, 3.8) is 0 Å². The van der Waals surface area contributed by atoms with Gasteiger partial charge in [0.15, 0.2) is 0 Å². The Morgan fingerprint density at radius 1 is 1.21 bits per heavy atom. The summed E-state index contributed by atoms with van der Waals surface area (Å²) in [7, 11) is 0. The Bertz CT molecular complexity index is 574. The summed E-state index contributed by atoms with van der Waals surface area (Å²) in [5, 5.41) is 10.3. The molecule has 0 radical (unpaired) electrons. The molecule has 0 bridgehead atoms. The van der Waals surface area contributed by atoms with Crippen LogP contribution in [0.2, 0.25) is 0 Å². The molecule has 1 aromatic carbocycles. The lowest BCUT2D eigenvalue weighted by Crippen LogP contribution is -2.28. The molecule has 1 fully saturated rings. The second kappa shape index (κ2) is 5.09. The smallest absolute Gasteiger partial charge is 0.134 e. The zero-order valence-corrected chi connectivity index (χ0v) is 10.4. The molecule has 2 heterocycles. The molecule has 2 aromatic rings. The zero-order valence-electron chi connectivity index (χ0n) is 10.4. The van der Waals surface area contributed by atoms with Gasteiger partial charge in [-0.1, -0.05) is 0 Å². The van der Waals surface area contributed by atoms with Crippen LogP contribution in [0.1, 0.15) is 24.5 Å². The van der Waals surface area contributed by atoms with Crippen molar-refractivity contribution in [1.82, 2.24) is 15.5 Å². The van der Waals surface area contributed by atoms with Crippen LogP contribution in [0.3, 0.4) is 0 Å². The summed E-state index contributed by atoms with van der Waals surface area (Å²) in [6, 6.07) is 3.65. The lowest BCUT2D eigenvalue weighted by atomic mass is 9.91. The fourth-order valence-electron chi connectivity index (χ4n) is 2.63. The maximum atomic E-state index is 13.9. The highest BCUT2D eigenvalue weighted by atomic mass is 19.1. The van der Waals surface area contributed by atoms with Crippen LogP contribution >= 0.6 is 0 Å². The van der Waals surface area contributed by atoms with Crippen LogP contribution in [-0.4, -0.2) is 23.3 Å². The summed E-state index contributed by atoms with van der Waals surface area (Å²) in [5.74, 6) is -0.812. The summed E-state index contributed by atoms with van der Waals surface area (Å²) < 4.78 is 26.8. The normalized spacial score (nSPS) is 19.6. The van der Waals surface area contributed by atoms with Gasteiger partial charge in [-0.25, -0.2) is 8.78 Å². The number of rotatable bonds is 2. The molecule has 19 heavy (non-hydrogen) atoms. The Morgan fingerprint density at radius 3 is 2.84 bits per heavy atom. The molecule has 2 N–H and O–H groups in total. The number of piperidine rings is 1. The molecule has 100 valence electrons. The topological polar surface area (TPSA) is 40.7 Å². The van der Waals surface area contributed by atoms with Gasteiger partial charge in [-0.3, -0.25) is 5.10 Å². The van der Waals surface area contributed by atoms with Crippen LogP contribution in [-0.2, 0) is 0 Å². The van der Waals surface area contributed by atoms with Gasteiger partial charge in [-0.05, 0) is 31.5 Å². The molecule has 1 aliphatic rings. The number of hydrogen-bond donors (Lipinski definition) is 2. The first kappa shape index (κ1) is 12.3. The number of nitrogens with one attached hydrogen (secondary N) is 2. The molecule has 3 nitrogen and oxygen atoms in total. The van der Waals surface area contributed by atoms with Crippen molar-refractivity contribution in [2.75, 3.05) is 13.1 Å². The van der Waals surface area contributed by atoms with Gasteiger partial charge in [0, 0.05) is 35.3 Å². The Kier molecular flexibility index (Phi) is 3.29. The lowest BCUT2D eigenvalue weighted by molar-refractivity contribution is 0.454. The number of hydrogen-bond acceptors (Lipinski definition) is 2. The lowest BCUT2D eigenvalue weighted by Gasteiger charge is -2.22. The maximum Gasteiger partial charge on any atom is 0.134 e. The van der Waals surface area contributed by atoms with E-state index in [2.05, 4.69) is 15.5 Å². The molecule has 1 atom stereocenters. The molecular formula is C14H15F2N3. The van der Waals surface area contributed by atoms with E-state index in [1.165, 1.54) is 12.1 Å². The highest BCUT2D eigenvalue weighted by molar-refractivity contribution is 5.66. The Hall–Kier alpha value is -1.75. The molecule has 0 spiro atoms. The number of nitrogens with zero attached hydrogens (tertiary/aromatic N) is 1. The van der Waals surface area contributed by atoms with Crippen LogP contribution < -0.4 is 5.32 Å². The first-order valence-corrected chi connectivity index (χ1v) is 6.45. The molecule has 0 amide bonds. The van der Waals surface area contributed by atoms with Gasteiger partial charge < -0.3 is 5.32 Å². The van der Waals surface area contributed by atoms with Crippen LogP contribution in [0, 0.1) is 11.6 Å². The van der Waals surface area contributed by atoms with Crippen molar-refractivity contribution in [3.8, 4) is 11.1 Å². The quantitative estimate of drug-likeness (QED) is 0.874. The maximum absolute atomic E-state index is 13.9. The Labute approximate surface area is 110 Å². The number of halogens is 2. The monoisotopic (exact) mass is 263 g/mol. The molecule has 5 heteroatoms. The van der Waals surface area contributed by atoms with E-state index in [1.54, 1.807) is 6.20 Å². The third kappa shape index (κ3) is 2.38. The third-order valence-electron chi connectivity index (χ3n) is 3.60. The van der Waals surface area contributed by atoms with E-state index < -0.39 is 11.6 Å². The largest absolute Gasteiger partial charge is 0.316 e. The van der Waals surface area contributed by atoms with Gasteiger partial charge in [-0.15, -0.1) is 0 Å². The van der Waals surface area contributed by atoms with Gasteiger partial charge in [-0.2, -0.15) is 5.10 Å². The highest BCUT2D eigenvalue weighted by Gasteiger charge is 2.22. The SMILES string of the molecule is Fc1ccc(-c2cn[nH]c2[C@@H]2CCCNC2)c(F)c1. The standard InChI is InChI=1S/C14H15F2N3/c15-10-3-4-11(13(16)6-10)12-8-18-19-14(12)9-2-1-5-17-7-9/h3-4,6,8-9,17H,1-2,5,7H2,(H,18,19)/t9-/m1/s1. The minimum absolute atomic E-state index is 0.302. The predicted octanol–water partition coefficient (Wildman–Crippen LogP) is 2.82. The number of H-pyrrole nitrogens is 1. The van der Waals surface area contributed by atoms with E-state index in [0.717, 1.165) is 43.3 Å². The second-order valence-corrected chi connectivity index (χ2v) is 4.86. The third-order valence-corrected chi connectivity index (χ3v) is 3.60. The van der Waals surface area contributed by atoms with E-state index in [0.29, 0.717) is 11.5 Å². The van der Waals surface area contributed by atoms with E-state index in [1.807, 2.05) is 0 Å². The summed E-state index contributed by atoms with van der Waals surface area (Å²) in [4.78, 5) is 0. The summed E-state index contributed by atoms with van der Waals surface area (Å²) in [6.45, 7) is 1.88. The summed E-state index contributed by atoms with van der Waals surface area (Å²) in [6.07, 6.45) is 3.75. The summed E-state index contributed by atoms with van der Waals surface area (Å²) in [5.41, 5.74) is 2.06. The van der Waals surface area contributed by atoms with E-state index in [4.69, 9.17) is 0 Å². The second-order valence-electron chi connectivity index (χ2n) is 4.86. The fraction of sp³-hybridized carbons (Fsp3) is 0.357. The van der Waals surface area contributed by atoms with Crippen molar-refractivity contribution in [3.05, 3.63) is 41.7 Å². The van der Waals surface area contributed by atoms with Gasteiger partial charge in [0.2, 0.25) is 0 Å². The minimum Gasteiger partial charge on any atom is -0.316 e. The van der Waals surface area contributed by atoms with Crippen molar-refractivity contribution >= 4 is 0 Å². The molecule has 1 aromatic heterocycles. The molecular weight excluding hydrogens is 248 g/mol. The molecule has 3 rings (SSSR count). The fourth-order valence-corrected chi connectivity index (χ4v) is 2.63. The molecule has 0 unspecified atom stereocenters. The molecule has 0 aliphatic carbocycles.